The molecular formula is C68H120O6. The third-order valence-electron chi connectivity index (χ3n) is 13.9. The molecule has 1 atom stereocenters. The van der Waals surface area contributed by atoms with Gasteiger partial charge < -0.3 is 14.2 Å². The Labute approximate surface area is 459 Å². The van der Waals surface area contributed by atoms with Crippen molar-refractivity contribution in [2.45, 2.75) is 329 Å². The molecule has 0 aromatic rings. The summed E-state index contributed by atoms with van der Waals surface area (Å²) in [5, 5.41) is 0. The van der Waals surface area contributed by atoms with E-state index < -0.39 is 6.10 Å². The molecule has 0 saturated carbocycles. The molecule has 6 heteroatoms. The minimum absolute atomic E-state index is 0.0863. The van der Waals surface area contributed by atoms with Crippen LogP contribution in [0.5, 0.6) is 0 Å². The molecule has 6 nitrogen and oxygen atoms in total. The number of hydrogen-bond acceptors (Lipinski definition) is 6. The molecule has 428 valence electrons. The second-order valence-electron chi connectivity index (χ2n) is 21.3. The van der Waals surface area contributed by atoms with Crippen molar-refractivity contribution in [3.63, 3.8) is 0 Å². The van der Waals surface area contributed by atoms with Crippen LogP contribution in [0.15, 0.2) is 72.9 Å². The van der Waals surface area contributed by atoms with Crippen molar-refractivity contribution in [2.24, 2.45) is 0 Å². The van der Waals surface area contributed by atoms with Gasteiger partial charge in [0.05, 0.1) is 0 Å². The van der Waals surface area contributed by atoms with Gasteiger partial charge in [-0.15, -0.1) is 0 Å². The van der Waals surface area contributed by atoms with Crippen LogP contribution in [0.3, 0.4) is 0 Å². The number of allylic oxidation sites excluding steroid dienone is 12. The molecule has 0 N–H and O–H groups in total. The molecule has 0 fully saturated rings. The molecule has 0 aromatic carbocycles. The molecule has 74 heavy (non-hydrogen) atoms. The van der Waals surface area contributed by atoms with E-state index >= 15 is 0 Å². The first kappa shape index (κ1) is 70.8. The predicted molar refractivity (Wildman–Crippen MR) is 321 cm³/mol. The van der Waals surface area contributed by atoms with E-state index in [1.165, 1.54) is 186 Å². The van der Waals surface area contributed by atoms with Crippen molar-refractivity contribution >= 4 is 17.9 Å². The highest BCUT2D eigenvalue weighted by Crippen LogP contribution is 2.17. The smallest absolute Gasteiger partial charge is 0.306 e. The highest BCUT2D eigenvalue weighted by molar-refractivity contribution is 5.71. The molecule has 0 rings (SSSR count). The maximum atomic E-state index is 12.8. The number of esters is 3. The van der Waals surface area contributed by atoms with Gasteiger partial charge in [0.2, 0.25) is 0 Å². The summed E-state index contributed by atoms with van der Waals surface area (Å²) in [6, 6.07) is 0. The zero-order chi connectivity index (χ0) is 53.6. The van der Waals surface area contributed by atoms with Crippen LogP contribution in [0.1, 0.15) is 323 Å². The van der Waals surface area contributed by atoms with Gasteiger partial charge in [0, 0.05) is 19.3 Å². The summed E-state index contributed by atoms with van der Waals surface area (Å²) in [4.78, 5) is 37.9. The first-order chi connectivity index (χ1) is 36.5. The number of hydrogen-bond donors (Lipinski definition) is 0. The van der Waals surface area contributed by atoms with Crippen molar-refractivity contribution < 1.29 is 28.6 Å². The van der Waals surface area contributed by atoms with E-state index in [1.54, 1.807) is 0 Å². The van der Waals surface area contributed by atoms with Gasteiger partial charge in [0.25, 0.3) is 0 Å². The molecule has 0 aromatic heterocycles. The molecule has 0 saturated heterocycles. The predicted octanol–water partition coefficient (Wildman–Crippen LogP) is 21.7. The molecule has 0 aliphatic carbocycles. The SMILES string of the molecule is CC/C=C\C/C=C\C/C=C\C/C=C\C/C=C\CCCCCC(=O)OC(COC(=O)CCCCCCCC)COC(=O)CCCCCCCCCCCCCCCCCCCCC/C=C\CCCCCCCCCC. The van der Waals surface area contributed by atoms with Gasteiger partial charge >= 0.3 is 17.9 Å². The number of carbonyl (C=O) groups is 3. The maximum absolute atomic E-state index is 12.8. The molecule has 0 bridgehead atoms. The highest BCUT2D eigenvalue weighted by Gasteiger charge is 2.19. The van der Waals surface area contributed by atoms with Crippen LogP contribution in [0.25, 0.3) is 0 Å². The summed E-state index contributed by atoms with van der Waals surface area (Å²) in [6.45, 7) is 6.47. The Hall–Kier alpha value is -3.15. The van der Waals surface area contributed by atoms with Crippen LogP contribution < -0.4 is 0 Å². The van der Waals surface area contributed by atoms with Gasteiger partial charge in [-0.25, -0.2) is 0 Å². The van der Waals surface area contributed by atoms with Crippen LogP contribution in [-0.2, 0) is 28.6 Å². The van der Waals surface area contributed by atoms with Gasteiger partial charge in [-0.2, -0.15) is 0 Å². The lowest BCUT2D eigenvalue weighted by atomic mass is 10.0. The lowest BCUT2D eigenvalue weighted by Crippen LogP contribution is -2.30. The summed E-state index contributed by atoms with van der Waals surface area (Å²) in [7, 11) is 0. The van der Waals surface area contributed by atoms with Crippen LogP contribution in [0, 0.1) is 0 Å². The molecule has 0 amide bonds. The molecular weight excluding hydrogens is 913 g/mol. The van der Waals surface area contributed by atoms with Gasteiger partial charge in [-0.1, -0.05) is 286 Å². The van der Waals surface area contributed by atoms with Crippen LogP contribution in [0.2, 0.25) is 0 Å². The third kappa shape index (κ3) is 59.7. The molecule has 0 radical (unpaired) electrons. The van der Waals surface area contributed by atoms with Crippen molar-refractivity contribution in [3.8, 4) is 0 Å². The normalized spacial score (nSPS) is 12.5. The largest absolute Gasteiger partial charge is 0.462 e. The first-order valence-electron chi connectivity index (χ1n) is 31.9. The van der Waals surface area contributed by atoms with E-state index in [0.29, 0.717) is 19.3 Å². The van der Waals surface area contributed by atoms with Gasteiger partial charge in [0.15, 0.2) is 6.10 Å². The molecule has 0 aliphatic rings. The standard InChI is InChI=1S/C68H120O6/c1-4-7-10-13-16-18-20-22-24-26-28-29-30-31-32-33-34-35-36-37-38-39-41-42-44-46-48-50-52-55-58-61-67(70)73-64-65(63-72-66(69)60-57-54-15-12-9-6-3)74-68(71)62-59-56-53-51-49-47-45-43-40-27-25-23-21-19-17-14-11-8-5-2/h8,11,17,19,23,25-26,28,40,43,47,49,65H,4-7,9-10,12-16,18,20-22,24,27,29-39,41-42,44-46,48,50-64H2,1-3H3/b11-8-,19-17-,25-23-,28-26-,43-40-,49-47-. The average Bonchev–Trinajstić information content (AvgIpc) is 3.40. The third-order valence-corrected chi connectivity index (χ3v) is 13.9. The van der Waals surface area contributed by atoms with E-state index in [1.807, 2.05) is 0 Å². The Morgan fingerprint density at radius 2 is 0.527 bits per heavy atom. The number of ether oxygens (including phenoxy) is 3. The molecule has 0 aliphatic heterocycles. The minimum Gasteiger partial charge on any atom is -0.462 e. The van der Waals surface area contributed by atoms with Gasteiger partial charge in [0.1, 0.15) is 13.2 Å². The first-order valence-corrected chi connectivity index (χ1v) is 31.9. The molecule has 0 spiro atoms. The number of unbranched alkanes of at least 4 members (excludes halogenated alkanes) is 35. The lowest BCUT2D eigenvalue weighted by molar-refractivity contribution is -0.167. The Morgan fingerprint density at radius 3 is 0.851 bits per heavy atom. The quantitative estimate of drug-likeness (QED) is 0.0261. The Bertz CT molecular complexity index is 1370. The fourth-order valence-electron chi connectivity index (χ4n) is 9.17. The zero-order valence-electron chi connectivity index (χ0n) is 49.1. The second kappa shape index (κ2) is 62.4. The van der Waals surface area contributed by atoms with Crippen molar-refractivity contribution in [2.75, 3.05) is 13.2 Å². The highest BCUT2D eigenvalue weighted by atomic mass is 16.6. The maximum Gasteiger partial charge on any atom is 0.306 e. The van der Waals surface area contributed by atoms with Crippen LogP contribution in [0.4, 0.5) is 0 Å². The monoisotopic (exact) mass is 1030 g/mol. The summed E-state index contributed by atoms with van der Waals surface area (Å²) in [5.74, 6) is -0.918. The second-order valence-corrected chi connectivity index (χ2v) is 21.3. The van der Waals surface area contributed by atoms with E-state index in [9.17, 15) is 14.4 Å². The van der Waals surface area contributed by atoms with Crippen molar-refractivity contribution in [1.82, 2.24) is 0 Å². The lowest BCUT2D eigenvalue weighted by Gasteiger charge is -2.18. The Morgan fingerprint density at radius 1 is 0.284 bits per heavy atom. The number of carbonyl (C=O) groups excluding carboxylic acids is 3. The fraction of sp³-hybridized carbons (Fsp3) is 0.779. The van der Waals surface area contributed by atoms with E-state index in [0.717, 1.165) is 96.3 Å². The van der Waals surface area contributed by atoms with Crippen LogP contribution >= 0.6 is 0 Å². The zero-order valence-corrected chi connectivity index (χ0v) is 49.1. The van der Waals surface area contributed by atoms with Gasteiger partial charge in [-0.05, 0) is 89.9 Å². The van der Waals surface area contributed by atoms with E-state index in [2.05, 4.69) is 93.7 Å². The minimum atomic E-state index is -0.789. The Kier molecular flexibility index (Phi) is 59.7. The van der Waals surface area contributed by atoms with Crippen molar-refractivity contribution in [1.29, 1.82) is 0 Å². The van der Waals surface area contributed by atoms with E-state index in [-0.39, 0.29) is 31.1 Å². The summed E-state index contributed by atoms with van der Waals surface area (Å²) in [5.41, 5.74) is 0. The van der Waals surface area contributed by atoms with Crippen molar-refractivity contribution in [3.05, 3.63) is 72.9 Å². The van der Waals surface area contributed by atoms with E-state index in [4.69, 9.17) is 14.2 Å². The molecule has 1 unspecified atom stereocenters. The fourth-order valence-corrected chi connectivity index (χ4v) is 9.17. The van der Waals surface area contributed by atoms with Crippen LogP contribution in [-0.4, -0.2) is 37.2 Å². The average molecular weight is 1030 g/mol. The Balaban J connectivity index is 4.03. The topological polar surface area (TPSA) is 78.9 Å². The summed E-state index contributed by atoms with van der Waals surface area (Å²) in [6.07, 6.45) is 81.1. The summed E-state index contributed by atoms with van der Waals surface area (Å²) >= 11 is 0. The summed E-state index contributed by atoms with van der Waals surface area (Å²) < 4.78 is 16.8. The number of rotatable bonds is 58. The van der Waals surface area contributed by atoms with Gasteiger partial charge in [-0.3, -0.25) is 14.4 Å². The molecule has 0 heterocycles.